The van der Waals surface area contributed by atoms with Crippen LogP contribution in [0, 0.1) is 11.6 Å². The molecule has 1 saturated heterocycles. The fraction of sp³-hybridized carbons (Fsp3) is 0.270. The number of anilines is 1. The Morgan fingerprint density at radius 1 is 0.980 bits per heavy atom. The molecular weight excluding hydrogens is 677 g/mol. The SMILES string of the molecule is COCCN(c1cc(F)c(C(N)=O)c(F)c1)C1COC1.Cn1c(=O)c(-c2cccc3c(CCC(=O)O)cccc23)c(C(F)(F)F)c2ccccc21. The molecule has 2 heterocycles. The molecule has 6 rings (SSSR count). The maximum Gasteiger partial charge on any atom is 0.417 e. The number of methoxy groups -OCH3 is 1. The van der Waals surface area contributed by atoms with Crippen molar-refractivity contribution in [3.8, 4) is 11.1 Å². The molecule has 0 atom stereocenters. The van der Waals surface area contributed by atoms with E-state index in [1.165, 1.54) is 35.9 Å². The molecule has 0 aliphatic carbocycles. The molecule has 1 aromatic heterocycles. The smallest absolute Gasteiger partial charge is 0.417 e. The average Bonchev–Trinajstić information content (AvgIpc) is 3.05. The summed E-state index contributed by atoms with van der Waals surface area (Å²) in [6.45, 7) is 1.87. The zero-order chi connectivity index (χ0) is 37.0. The van der Waals surface area contributed by atoms with Gasteiger partial charge in [0.05, 0.1) is 42.5 Å². The fourth-order valence-electron chi connectivity index (χ4n) is 6.17. The van der Waals surface area contributed by atoms with Crippen molar-refractivity contribution < 1.29 is 46.1 Å². The third-order valence-electron chi connectivity index (χ3n) is 8.68. The minimum atomic E-state index is -4.74. The van der Waals surface area contributed by atoms with Gasteiger partial charge in [0, 0.05) is 38.2 Å². The van der Waals surface area contributed by atoms with Gasteiger partial charge in [0.1, 0.15) is 17.2 Å². The molecule has 0 radical (unpaired) electrons. The summed E-state index contributed by atoms with van der Waals surface area (Å²) >= 11 is 0. The number of carbonyl (C=O) groups excluding carboxylic acids is 1. The van der Waals surface area contributed by atoms with Crippen molar-refractivity contribution in [3.63, 3.8) is 0 Å². The Bertz CT molecular complexity index is 2140. The standard InChI is InChI=1S/C24H18F3NO3.C13H16F2N2O3/c1-28-19-11-3-2-7-18(19)22(24(25,26)27)21(23(28)31)17-10-5-8-15-14(12-13-20(29)30)6-4-9-16(15)17;1-19-3-2-17(9-6-20-7-9)8-4-10(14)12(13(16)18)11(15)5-8/h2-11H,12-13H2,1H3,(H,29,30);4-5,9H,2-3,6-7H2,1H3,(H2,16,18). The van der Waals surface area contributed by atoms with Crippen LogP contribution < -0.4 is 16.2 Å². The molecule has 5 aromatic rings. The van der Waals surface area contributed by atoms with E-state index < -0.39 is 51.9 Å². The highest BCUT2D eigenvalue weighted by Crippen LogP contribution is 2.42. The van der Waals surface area contributed by atoms with E-state index in [4.69, 9.17) is 20.3 Å². The van der Waals surface area contributed by atoms with Crippen LogP contribution in [-0.2, 0) is 33.9 Å². The number of carbonyl (C=O) groups is 2. The second-order valence-electron chi connectivity index (χ2n) is 11.9. The van der Waals surface area contributed by atoms with Gasteiger partial charge in [0.2, 0.25) is 0 Å². The van der Waals surface area contributed by atoms with Crippen molar-refractivity contribution in [2.45, 2.75) is 25.1 Å². The van der Waals surface area contributed by atoms with E-state index in [0.717, 1.165) is 12.1 Å². The molecule has 4 aromatic carbocycles. The first-order valence-electron chi connectivity index (χ1n) is 15.8. The number of hydrogen-bond acceptors (Lipinski definition) is 6. The predicted octanol–water partition coefficient (Wildman–Crippen LogP) is 6.31. The number of carboxylic acids is 1. The lowest BCUT2D eigenvalue weighted by Gasteiger charge is -2.39. The lowest BCUT2D eigenvalue weighted by atomic mass is 9.91. The number of halogens is 5. The van der Waals surface area contributed by atoms with Gasteiger partial charge in [-0.2, -0.15) is 13.2 Å². The Kier molecular flexibility index (Phi) is 11.1. The summed E-state index contributed by atoms with van der Waals surface area (Å²) in [7, 11) is 3.00. The zero-order valence-corrected chi connectivity index (χ0v) is 27.6. The van der Waals surface area contributed by atoms with Crippen molar-refractivity contribution >= 4 is 39.2 Å². The number of hydrogen-bond donors (Lipinski definition) is 2. The highest BCUT2D eigenvalue weighted by molar-refractivity contribution is 6.01. The number of aryl methyl sites for hydroxylation is 2. The maximum atomic E-state index is 14.3. The highest BCUT2D eigenvalue weighted by Gasteiger charge is 2.38. The minimum Gasteiger partial charge on any atom is -0.481 e. The molecule has 51 heavy (non-hydrogen) atoms. The molecule has 14 heteroatoms. The lowest BCUT2D eigenvalue weighted by Crippen LogP contribution is -2.50. The Hall–Kier alpha value is -5.34. The Morgan fingerprint density at radius 3 is 2.20 bits per heavy atom. The fourth-order valence-corrected chi connectivity index (χ4v) is 6.17. The molecule has 1 fully saturated rings. The van der Waals surface area contributed by atoms with E-state index in [1.54, 1.807) is 48.4 Å². The number of nitrogens with two attached hydrogens (primary N) is 1. The Morgan fingerprint density at radius 2 is 1.61 bits per heavy atom. The lowest BCUT2D eigenvalue weighted by molar-refractivity contribution is -0.137. The molecule has 3 N–H and O–H groups in total. The van der Waals surface area contributed by atoms with E-state index in [1.807, 2.05) is 0 Å². The summed E-state index contributed by atoms with van der Waals surface area (Å²) in [6.07, 6.45) is -4.61. The predicted molar refractivity (Wildman–Crippen MR) is 182 cm³/mol. The van der Waals surface area contributed by atoms with Crippen LogP contribution in [0.3, 0.4) is 0 Å². The number of aromatic nitrogens is 1. The monoisotopic (exact) mass is 711 g/mol. The van der Waals surface area contributed by atoms with E-state index >= 15 is 0 Å². The van der Waals surface area contributed by atoms with E-state index in [-0.39, 0.29) is 35.3 Å². The normalized spacial score (nSPS) is 13.1. The number of amides is 1. The number of alkyl halides is 3. The van der Waals surface area contributed by atoms with Gasteiger partial charge in [-0.1, -0.05) is 54.6 Å². The van der Waals surface area contributed by atoms with E-state index in [0.29, 0.717) is 48.4 Å². The number of rotatable bonds is 10. The van der Waals surface area contributed by atoms with Gasteiger partial charge < -0.3 is 29.8 Å². The third kappa shape index (κ3) is 7.71. The third-order valence-corrected chi connectivity index (χ3v) is 8.68. The number of nitrogens with zero attached hydrogens (tertiary/aromatic N) is 2. The number of benzene rings is 4. The quantitative estimate of drug-likeness (QED) is 0.163. The second kappa shape index (κ2) is 15.3. The first-order valence-corrected chi connectivity index (χ1v) is 15.8. The molecule has 0 spiro atoms. The van der Waals surface area contributed by atoms with Gasteiger partial charge in [-0.25, -0.2) is 8.78 Å². The van der Waals surface area contributed by atoms with Crippen LogP contribution in [0.25, 0.3) is 32.8 Å². The van der Waals surface area contributed by atoms with Crippen LogP contribution in [0.4, 0.5) is 27.6 Å². The Labute approximate surface area is 288 Å². The van der Waals surface area contributed by atoms with Crippen molar-refractivity contribution in [2.75, 3.05) is 38.4 Å². The van der Waals surface area contributed by atoms with Gasteiger partial charge in [-0.15, -0.1) is 0 Å². The average molecular weight is 712 g/mol. The van der Waals surface area contributed by atoms with Gasteiger partial charge in [0.15, 0.2) is 0 Å². The molecule has 0 bridgehead atoms. The molecule has 0 unspecified atom stereocenters. The number of aliphatic carboxylic acids is 1. The molecular formula is C37H34F5N3O6. The topological polar surface area (TPSA) is 124 Å². The summed E-state index contributed by atoms with van der Waals surface area (Å²) in [5.74, 6) is -4.01. The summed E-state index contributed by atoms with van der Waals surface area (Å²) in [6, 6.07) is 18.1. The van der Waals surface area contributed by atoms with Crippen LogP contribution >= 0.6 is 0 Å². The van der Waals surface area contributed by atoms with Gasteiger partial charge in [0.25, 0.3) is 11.5 Å². The first-order chi connectivity index (χ1) is 24.2. The molecule has 0 saturated carbocycles. The van der Waals surface area contributed by atoms with Gasteiger partial charge in [-0.05, 0) is 46.5 Å². The van der Waals surface area contributed by atoms with Crippen molar-refractivity contribution in [3.05, 3.63) is 111 Å². The van der Waals surface area contributed by atoms with E-state index in [9.17, 15) is 36.3 Å². The minimum absolute atomic E-state index is 0.0448. The maximum absolute atomic E-state index is 14.3. The molecule has 268 valence electrons. The number of primary amides is 1. The zero-order valence-electron chi connectivity index (χ0n) is 27.6. The highest BCUT2D eigenvalue weighted by atomic mass is 19.4. The molecule has 9 nitrogen and oxygen atoms in total. The molecule has 1 aliphatic heterocycles. The van der Waals surface area contributed by atoms with Crippen LogP contribution in [0.15, 0.2) is 77.6 Å². The van der Waals surface area contributed by atoms with Crippen LogP contribution in [0.2, 0.25) is 0 Å². The van der Waals surface area contributed by atoms with Crippen LogP contribution in [0.1, 0.15) is 27.9 Å². The summed E-state index contributed by atoms with van der Waals surface area (Å²) in [4.78, 5) is 37.0. The summed E-state index contributed by atoms with van der Waals surface area (Å²) < 4.78 is 81.7. The first kappa shape index (κ1) is 36.9. The summed E-state index contributed by atoms with van der Waals surface area (Å²) in [5.41, 5.74) is 3.54. The van der Waals surface area contributed by atoms with Crippen molar-refractivity contribution in [2.24, 2.45) is 12.8 Å². The van der Waals surface area contributed by atoms with Crippen molar-refractivity contribution in [1.82, 2.24) is 4.57 Å². The van der Waals surface area contributed by atoms with E-state index in [2.05, 4.69) is 0 Å². The second-order valence-corrected chi connectivity index (χ2v) is 11.9. The number of carboxylic acid groups (broad SMARTS) is 1. The number of fused-ring (bicyclic) bond motifs is 2. The summed E-state index contributed by atoms with van der Waals surface area (Å²) in [5, 5.41) is 10.1. The molecule has 1 aliphatic rings. The Balaban J connectivity index is 0.000000218. The number of ether oxygens (including phenoxy) is 2. The number of pyridine rings is 1. The van der Waals surface area contributed by atoms with Crippen molar-refractivity contribution in [1.29, 1.82) is 0 Å². The largest absolute Gasteiger partial charge is 0.481 e. The van der Waals surface area contributed by atoms with Gasteiger partial charge >= 0.3 is 12.1 Å². The van der Waals surface area contributed by atoms with Gasteiger partial charge in [-0.3, -0.25) is 14.4 Å². The molecule has 1 amide bonds. The van der Waals surface area contributed by atoms with Crippen LogP contribution in [0.5, 0.6) is 0 Å². The van der Waals surface area contributed by atoms with Crippen LogP contribution in [-0.4, -0.2) is 61.1 Å². The number of para-hydroxylation sites is 1.